The van der Waals surface area contributed by atoms with Gasteiger partial charge in [0, 0.05) is 44.8 Å². The number of piperazine rings is 1. The number of hydrogen-bond acceptors (Lipinski definition) is 4. The van der Waals surface area contributed by atoms with E-state index in [9.17, 15) is 4.79 Å². The molecule has 0 saturated carbocycles. The summed E-state index contributed by atoms with van der Waals surface area (Å²) < 4.78 is 0. The topological polar surface area (TPSA) is 52.8 Å². The van der Waals surface area contributed by atoms with Gasteiger partial charge in [-0.25, -0.2) is 0 Å². The molecule has 1 amide bonds. The Balaban J connectivity index is 1.47. The molecule has 1 atom stereocenters. The van der Waals surface area contributed by atoms with Gasteiger partial charge in [-0.15, -0.1) is 0 Å². The van der Waals surface area contributed by atoms with E-state index >= 15 is 0 Å². The van der Waals surface area contributed by atoms with Gasteiger partial charge in [0.25, 0.3) is 0 Å². The Morgan fingerprint density at radius 3 is 2.60 bits per heavy atom. The highest BCUT2D eigenvalue weighted by molar-refractivity contribution is 5.78. The Labute approximate surface area is 122 Å². The molecule has 0 spiro atoms. The number of amides is 1. The van der Waals surface area contributed by atoms with Crippen LogP contribution in [-0.2, 0) is 4.79 Å². The molecule has 0 bridgehead atoms. The summed E-state index contributed by atoms with van der Waals surface area (Å²) in [6.07, 6.45) is 5.99. The van der Waals surface area contributed by atoms with E-state index in [-0.39, 0.29) is 0 Å². The van der Waals surface area contributed by atoms with Crippen molar-refractivity contribution in [2.75, 3.05) is 45.8 Å². The molecule has 3 rings (SSSR count). The molecule has 114 valence electrons. The molecule has 3 fully saturated rings. The van der Waals surface area contributed by atoms with Crippen LogP contribution in [0.5, 0.6) is 0 Å². The minimum Gasteiger partial charge on any atom is -0.339 e. The second-order valence-electron chi connectivity index (χ2n) is 6.64. The number of carbonyl (C=O) groups is 1. The Hall–Kier alpha value is -0.650. The van der Waals surface area contributed by atoms with Crippen LogP contribution in [0.4, 0.5) is 0 Å². The molecule has 0 radical (unpaired) electrons. The largest absolute Gasteiger partial charge is 0.339 e. The quantitative estimate of drug-likeness (QED) is 0.780. The first-order valence-electron chi connectivity index (χ1n) is 8.22. The summed E-state index contributed by atoms with van der Waals surface area (Å²) >= 11 is 0. The van der Waals surface area contributed by atoms with Crippen LogP contribution in [0, 0.1) is 0 Å². The van der Waals surface area contributed by atoms with Gasteiger partial charge in [-0.1, -0.05) is 6.42 Å². The smallest absolute Gasteiger partial charge is 0.236 e. The Morgan fingerprint density at radius 2 is 1.80 bits per heavy atom. The van der Waals surface area contributed by atoms with Crippen LogP contribution in [-0.4, -0.2) is 78.5 Å². The number of fused-ring (bicyclic) bond motifs is 1. The summed E-state index contributed by atoms with van der Waals surface area (Å²) in [5, 5.41) is 0. The average Bonchev–Trinajstić information content (AvgIpc) is 2.49. The van der Waals surface area contributed by atoms with Crippen LogP contribution in [0.1, 0.15) is 32.1 Å². The van der Waals surface area contributed by atoms with Crippen molar-refractivity contribution in [1.82, 2.24) is 14.7 Å². The zero-order valence-electron chi connectivity index (χ0n) is 12.5. The lowest BCUT2D eigenvalue weighted by Gasteiger charge is -2.44. The van der Waals surface area contributed by atoms with Gasteiger partial charge in [0.05, 0.1) is 6.54 Å². The van der Waals surface area contributed by atoms with Crippen LogP contribution in [0.2, 0.25) is 0 Å². The highest BCUT2D eigenvalue weighted by Gasteiger charge is 2.31. The molecule has 3 aliphatic heterocycles. The maximum atomic E-state index is 12.5. The first kappa shape index (κ1) is 14.3. The van der Waals surface area contributed by atoms with Crippen molar-refractivity contribution in [2.24, 2.45) is 5.73 Å². The molecule has 2 N–H and O–H groups in total. The van der Waals surface area contributed by atoms with Crippen molar-refractivity contribution >= 4 is 5.91 Å². The molecule has 5 nitrogen and oxygen atoms in total. The van der Waals surface area contributed by atoms with E-state index < -0.39 is 0 Å². The first-order valence-corrected chi connectivity index (χ1v) is 8.22. The number of likely N-dealkylation sites (tertiary alicyclic amines) is 1. The lowest BCUT2D eigenvalue weighted by Crippen LogP contribution is -2.57. The molecule has 3 heterocycles. The fourth-order valence-corrected chi connectivity index (χ4v) is 3.78. The van der Waals surface area contributed by atoms with Gasteiger partial charge in [0.1, 0.15) is 0 Å². The SMILES string of the molecule is NC1CCN(CC(=O)N2CCN3CCCCC3C2)CC1. The third-order valence-corrected chi connectivity index (χ3v) is 5.18. The molecule has 3 saturated heterocycles. The minimum atomic E-state index is 0.325. The predicted molar refractivity (Wildman–Crippen MR) is 79.4 cm³/mol. The van der Waals surface area contributed by atoms with Gasteiger partial charge in [0.15, 0.2) is 0 Å². The minimum absolute atomic E-state index is 0.325. The number of piperidine rings is 2. The lowest BCUT2D eigenvalue weighted by atomic mass is 9.99. The van der Waals surface area contributed by atoms with Crippen molar-refractivity contribution in [3.63, 3.8) is 0 Å². The molecule has 20 heavy (non-hydrogen) atoms. The van der Waals surface area contributed by atoms with Gasteiger partial charge in [-0.05, 0) is 32.2 Å². The van der Waals surface area contributed by atoms with Gasteiger partial charge in [0.2, 0.25) is 5.91 Å². The summed E-state index contributed by atoms with van der Waals surface area (Å²) in [5.41, 5.74) is 5.92. The third kappa shape index (κ3) is 3.32. The summed E-state index contributed by atoms with van der Waals surface area (Å²) in [6, 6.07) is 0.961. The van der Waals surface area contributed by atoms with Crippen LogP contribution >= 0.6 is 0 Å². The highest BCUT2D eigenvalue weighted by Crippen LogP contribution is 2.21. The number of carbonyl (C=O) groups excluding carboxylic acids is 1. The highest BCUT2D eigenvalue weighted by atomic mass is 16.2. The maximum absolute atomic E-state index is 12.5. The summed E-state index contributed by atoms with van der Waals surface area (Å²) in [6.45, 7) is 6.74. The molecule has 0 aromatic rings. The second-order valence-corrected chi connectivity index (χ2v) is 6.64. The fraction of sp³-hybridized carbons (Fsp3) is 0.933. The normalized spacial score (nSPS) is 30.2. The molecule has 0 aromatic heterocycles. The van der Waals surface area contributed by atoms with Crippen molar-refractivity contribution in [1.29, 1.82) is 0 Å². The van der Waals surface area contributed by atoms with E-state index in [4.69, 9.17) is 5.73 Å². The van der Waals surface area contributed by atoms with E-state index in [1.54, 1.807) is 0 Å². The second kappa shape index (κ2) is 6.41. The van der Waals surface area contributed by atoms with Gasteiger partial charge in [-0.2, -0.15) is 0 Å². The Bertz CT molecular complexity index is 341. The molecular formula is C15H28N4O. The lowest BCUT2D eigenvalue weighted by molar-refractivity contribution is -0.136. The van der Waals surface area contributed by atoms with E-state index in [2.05, 4.69) is 14.7 Å². The number of nitrogens with two attached hydrogens (primary N) is 1. The number of rotatable bonds is 2. The van der Waals surface area contributed by atoms with Gasteiger partial charge in [-0.3, -0.25) is 14.6 Å². The molecule has 5 heteroatoms. The van der Waals surface area contributed by atoms with E-state index in [1.165, 1.54) is 25.8 Å². The maximum Gasteiger partial charge on any atom is 0.236 e. The Kier molecular flexibility index (Phi) is 4.58. The van der Waals surface area contributed by atoms with Gasteiger partial charge < -0.3 is 10.6 Å². The van der Waals surface area contributed by atoms with Crippen molar-refractivity contribution < 1.29 is 4.79 Å². The van der Waals surface area contributed by atoms with Crippen molar-refractivity contribution in [3.05, 3.63) is 0 Å². The summed E-state index contributed by atoms with van der Waals surface area (Å²) in [7, 11) is 0. The van der Waals surface area contributed by atoms with Crippen LogP contribution in [0.3, 0.4) is 0 Å². The number of hydrogen-bond donors (Lipinski definition) is 1. The fourth-order valence-electron chi connectivity index (χ4n) is 3.78. The third-order valence-electron chi connectivity index (χ3n) is 5.18. The first-order chi connectivity index (χ1) is 9.72. The summed E-state index contributed by atoms with van der Waals surface area (Å²) in [4.78, 5) is 19.4. The Morgan fingerprint density at radius 1 is 1.00 bits per heavy atom. The zero-order chi connectivity index (χ0) is 13.9. The van der Waals surface area contributed by atoms with E-state index in [0.29, 0.717) is 24.5 Å². The van der Waals surface area contributed by atoms with Crippen LogP contribution in [0.25, 0.3) is 0 Å². The molecule has 3 aliphatic rings. The van der Waals surface area contributed by atoms with Crippen molar-refractivity contribution in [2.45, 2.75) is 44.2 Å². The summed E-state index contributed by atoms with van der Waals surface area (Å²) in [5.74, 6) is 0.325. The predicted octanol–water partition coefficient (Wildman–Crippen LogP) is 0.106. The monoisotopic (exact) mass is 280 g/mol. The van der Waals surface area contributed by atoms with Crippen LogP contribution < -0.4 is 5.73 Å². The van der Waals surface area contributed by atoms with E-state index in [0.717, 1.165) is 45.6 Å². The number of nitrogens with zero attached hydrogens (tertiary/aromatic N) is 3. The van der Waals surface area contributed by atoms with Gasteiger partial charge >= 0.3 is 0 Å². The van der Waals surface area contributed by atoms with E-state index in [1.807, 2.05) is 0 Å². The molecule has 1 unspecified atom stereocenters. The molecule has 0 aliphatic carbocycles. The van der Waals surface area contributed by atoms with Crippen LogP contribution in [0.15, 0.2) is 0 Å². The molecular weight excluding hydrogens is 252 g/mol. The standard InChI is InChI=1S/C15H28N4O/c16-13-4-7-17(8-5-13)12-15(20)19-10-9-18-6-2-1-3-14(18)11-19/h13-14H,1-12,16H2. The molecule has 0 aromatic carbocycles. The average molecular weight is 280 g/mol. The van der Waals surface area contributed by atoms with Crippen molar-refractivity contribution in [3.8, 4) is 0 Å². The zero-order valence-corrected chi connectivity index (χ0v) is 12.5.